The lowest BCUT2D eigenvalue weighted by atomic mass is 10.0. The Hall–Kier alpha value is -1.75. The normalized spacial score (nSPS) is 19.1. The molecule has 3 rings (SSSR count). The topological polar surface area (TPSA) is 70.4 Å². The van der Waals surface area contributed by atoms with Crippen molar-refractivity contribution in [3.8, 4) is 0 Å². The van der Waals surface area contributed by atoms with E-state index in [2.05, 4.69) is 29.5 Å². The van der Waals surface area contributed by atoms with Crippen LogP contribution in [0.1, 0.15) is 31.7 Å². The molecule has 1 aromatic rings. The van der Waals surface area contributed by atoms with Crippen LogP contribution in [0.5, 0.6) is 0 Å². The number of nitrogens with zero attached hydrogens (tertiary/aromatic N) is 1. The molecule has 0 saturated heterocycles. The van der Waals surface area contributed by atoms with Gasteiger partial charge in [-0.05, 0) is 50.9 Å². The minimum atomic E-state index is 0.0834. The molecule has 2 aliphatic rings. The Morgan fingerprint density at radius 1 is 1.43 bits per heavy atom. The zero-order chi connectivity index (χ0) is 15.0. The molecule has 1 aromatic carbocycles. The van der Waals surface area contributed by atoms with Gasteiger partial charge in [-0.1, -0.05) is 0 Å². The van der Waals surface area contributed by atoms with E-state index in [-0.39, 0.29) is 5.91 Å². The molecular weight excluding hydrogens is 264 g/mol. The summed E-state index contributed by atoms with van der Waals surface area (Å²) in [5, 5.41) is 6.34. The summed E-state index contributed by atoms with van der Waals surface area (Å²) in [4.78, 5) is 13.9. The number of fused-ring (bicyclic) bond motifs is 1. The minimum Gasteiger partial charge on any atom is -0.397 e. The molecule has 1 heterocycles. The summed E-state index contributed by atoms with van der Waals surface area (Å²) < 4.78 is 0. The molecule has 1 atom stereocenters. The first-order valence-corrected chi connectivity index (χ1v) is 7.72. The van der Waals surface area contributed by atoms with Crippen LogP contribution < -0.4 is 16.4 Å². The van der Waals surface area contributed by atoms with Crippen LogP contribution in [-0.4, -0.2) is 36.5 Å². The van der Waals surface area contributed by atoms with Crippen LogP contribution in [0, 0.1) is 0 Å². The molecule has 0 radical (unpaired) electrons. The fourth-order valence-corrected chi connectivity index (χ4v) is 2.84. The number of carbonyl (C=O) groups excluding carboxylic acids is 1. The fourth-order valence-electron chi connectivity index (χ4n) is 2.84. The molecule has 4 N–H and O–H groups in total. The van der Waals surface area contributed by atoms with Gasteiger partial charge in [-0.25, -0.2) is 0 Å². The molecule has 1 unspecified atom stereocenters. The highest BCUT2D eigenvalue weighted by Gasteiger charge is 2.29. The maximum absolute atomic E-state index is 11.5. The van der Waals surface area contributed by atoms with E-state index in [0.717, 1.165) is 41.6 Å². The number of hydrogen-bond donors (Lipinski definition) is 3. The summed E-state index contributed by atoms with van der Waals surface area (Å²) >= 11 is 0. The predicted molar refractivity (Wildman–Crippen MR) is 86.5 cm³/mol. The molecule has 1 fully saturated rings. The number of amides is 1. The zero-order valence-corrected chi connectivity index (χ0v) is 12.8. The monoisotopic (exact) mass is 288 g/mol. The van der Waals surface area contributed by atoms with Crippen LogP contribution in [0.4, 0.5) is 17.1 Å². The number of anilines is 3. The number of aryl methyl sites for hydroxylation is 1. The highest BCUT2D eigenvalue weighted by molar-refractivity contribution is 5.95. The highest BCUT2D eigenvalue weighted by Crippen LogP contribution is 2.31. The summed E-state index contributed by atoms with van der Waals surface area (Å²) in [6, 6.07) is 5.15. The van der Waals surface area contributed by atoms with E-state index in [0.29, 0.717) is 12.5 Å². The number of nitrogens with one attached hydrogen (secondary N) is 2. The maximum Gasteiger partial charge on any atom is 0.224 e. The van der Waals surface area contributed by atoms with E-state index in [4.69, 9.17) is 5.73 Å². The third kappa shape index (κ3) is 3.13. The second kappa shape index (κ2) is 5.56. The van der Waals surface area contributed by atoms with Gasteiger partial charge < -0.3 is 16.4 Å². The van der Waals surface area contributed by atoms with Crippen LogP contribution in [0.2, 0.25) is 0 Å². The van der Waals surface area contributed by atoms with Crippen molar-refractivity contribution in [1.82, 2.24) is 4.90 Å². The van der Waals surface area contributed by atoms with E-state index in [1.165, 1.54) is 12.8 Å². The van der Waals surface area contributed by atoms with Gasteiger partial charge in [0, 0.05) is 30.7 Å². The maximum atomic E-state index is 11.5. The first-order valence-electron chi connectivity index (χ1n) is 7.72. The van der Waals surface area contributed by atoms with Crippen molar-refractivity contribution in [3.63, 3.8) is 0 Å². The van der Waals surface area contributed by atoms with E-state index in [9.17, 15) is 4.79 Å². The van der Waals surface area contributed by atoms with Crippen molar-refractivity contribution in [1.29, 1.82) is 0 Å². The molecule has 1 saturated carbocycles. The lowest BCUT2D eigenvalue weighted by Crippen LogP contribution is -2.36. The van der Waals surface area contributed by atoms with Crippen molar-refractivity contribution in [2.45, 2.75) is 44.7 Å². The molecule has 114 valence electrons. The van der Waals surface area contributed by atoms with Crippen LogP contribution >= 0.6 is 0 Å². The van der Waals surface area contributed by atoms with Crippen LogP contribution in [-0.2, 0) is 11.2 Å². The summed E-state index contributed by atoms with van der Waals surface area (Å²) in [5.74, 6) is 0.0834. The zero-order valence-electron chi connectivity index (χ0n) is 12.8. The lowest BCUT2D eigenvalue weighted by Gasteiger charge is -2.26. The van der Waals surface area contributed by atoms with Crippen LogP contribution in [0.3, 0.4) is 0 Å². The third-order valence-corrected chi connectivity index (χ3v) is 4.58. The number of nitrogen functional groups attached to an aromatic ring is 1. The molecule has 5 heteroatoms. The van der Waals surface area contributed by atoms with Gasteiger partial charge in [0.1, 0.15) is 0 Å². The average Bonchev–Trinajstić information content (AvgIpc) is 3.29. The molecule has 0 bridgehead atoms. The largest absolute Gasteiger partial charge is 0.397 e. The van der Waals surface area contributed by atoms with E-state index in [1.54, 1.807) is 0 Å². The Bertz CT molecular complexity index is 553. The van der Waals surface area contributed by atoms with Gasteiger partial charge in [-0.15, -0.1) is 0 Å². The van der Waals surface area contributed by atoms with Gasteiger partial charge in [-0.2, -0.15) is 0 Å². The number of hydrogen-bond acceptors (Lipinski definition) is 4. The van der Waals surface area contributed by atoms with E-state index < -0.39 is 0 Å². The Morgan fingerprint density at radius 3 is 2.90 bits per heavy atom. The number of rotatable bonds is 5. The molecule has 1 aliphatic heterocycles. The highest BCUT2D eigenvalue weighted by atomic mass is 16.1. The first-order chi connectivity index (χ1) is 10.0. The van der Waals surface area contributed by atoms with E-state index >= 15 is 0 Å². The molecule has 0 spiro atoms. The number of carbonyl (C=O) groups is 1. The molecule has 5 nitrogen and oxygen atoms in total. The second-order valence-electron chi connectivity index (χ2n) is 6.27. The molecule has 0 aromatic heterocycles. The Morgan fingerprint density at radius 2 is 2.19 bits per heavy atom. The van der Waals surface area contributed by atoms with Gasteiger partial charge in [-0.3, -0.25) is 9.69 Å². The van der Waals surface area contributed by atoms with Crippen LogP contribution in [0.25, 0.3) is 0 Å². The average molecular weight is 288 g/mol. The van der Waals surface area contributed by atoms with Gasteiger partial charge in [0.25, 0.3) is 0 Å². The van der Waals surface area contributed by atoms with Crippen molar-refractivity contribution in [2.24, 2.45) is 0 Å². The quantitative estimate of drug-likeness (QED) is 0.725. The minimum absolute atomic E-state index is 0.0834. The summed E-state index contributed by atoms with van der Waals surface area (Å²) in [6.07, 6.45) is 3.94. The predicted octanol–water partition coefficient (Wildman–Crippen LogP) is 2.05. The van der Waals surface area contributed by atoms with Crippen LogP contribution in [0.15, 0.2) is 12.1 Å². The number of likely N-dealkylation sites (N-methyl/N-ethyl adjacent to an activating group) is 1. The number of benzene rings is 1. The van der Waals surface area contributed by atoms with Gasteiger partial charge in [0.2, 0.25) is 5.91 Å². The molecule has 1 aliphatic carbocycles. The smallest absolute Gasteiger partial charge is 0.224 e. The van der Waals surface area contributed by atoms with Gasteiger partial charge >= 0.3 is 0 Å². The van der Waals surface area contributed by atoms with Crippen molar-refractivity contribution < 1.29 is 4.79 Å². The molecular formula is C16H24N4O. The van der Waals surface area contributed by atoms with E-state index in [1.807, 2.05) is 12.1 Å². The fraction of sp³-hybridized carbons (Fsp3) is 0.562. The van der Waals surface area contributed by atoms with Crippen molar-refractivity contribution in [3.05, 3.63) is 17.7 Å². The summed E-state index contributed by atoms with van der Waals surface area (Å²) in [7, 11) is 2.18. The Labute approximate surface area is 125 Å². The van der Waals surface area contributed by atoms with Gasteiger partial charge in [0.15, 0.2) is 0 Å². The second-order valence-corrected chi connectivity index (χ2v) is 6.27. The summed E-state index contributed by atoms with van der Waals surface area (Å²) in [5.41, 5.74) is 9.81. The standard InChI is InChI=1S/C16H24N4O/c1-10(20(2)12-4-5-12)9-18-15-8-14-11(7-13(15)17)3-6-16(21)19-14/h7-8,10,12,18H,3-6,9,17H2,1-2H3,(H,19,21). The third-order valence-electron chi connectivity index (χ3n) is 4.58. The Kier molecular flexibility index (Phi) is 3.76. The summed E-state index contributed by atoms with van der Waals surface area (Å²) in [6.45, 7) is 3.08. The Balaban J connectivity index is 1.67. The lowest BCUT2D eigenvalue weighted by molar-refractivity contribution is -0.116. The molecule has 1 amide bonds. The van der Waals surface area contributed by atoms with Crippen molar-refractivity contribution in [2.75, 3.05) is 30.0 Å². The van der Waals surface area contributed by atoms with Gasteiger partial charge in [0.05, 0.1) is 11.4 Å². The van der Waals surface area contributed by atoms with Crippen molar-refractivity contribution >= 4 is 23.0 Å². The number of nitrogens with two attached hydrogens (primary N) is 1. The molecule has 21 heavy (non-hydrogen) atoms. The first kappa shape index (κ1) is 14.2. The SMILES string of the molecule is CC(CNc1cc2c(cc1N)CCC(=O)N2)N(C)C1CC1.